The van der Waals surface area contributed by atoms with Gasteiger partial charge in [0.05, 0.1) is 0 Å². The second-order valence-electron chi connectivity index (χ2n) is 5.06. The molecule has 0 aromatic heterocycles. The lowest BCUT2D eigenvalue weighted by molar-refractivity contribution is -0.139. The molecule has 1 atom stereocenters. The van der Waals surface area contributed by atoms with Crippen LogP contribution in [0.2, 0.25) is 0 Å². The quantitative estimate of drug-likeness (QED) is 0.681. The predicted octanol–water partition coefficient (Wildman–Crippen LogP) is 3.04. The van der Waals surface area contributed by atoms with Gasteiger partial charge in [0, 0.05) is 24.4 Å². The molecule has 15 heavy (non-hydrogen) atoms. The number of amides is 1. The summed E-state index contributed by atoms with van der Waals surface area (Å²) >= 11 is 5.88. The van der Waals surface area contributed by atoms with Crippen molar-refractivity contribution in [3.8, 4) is 0 Å². The van der Waals surface area contributed by atoms with E-state index in [0.29, 0.717) is 5.91 Å². The van der Waals surface area contributed by atoms with Crippen LogP contribution in [-0.2, 0) is 4.79 Å². The van der Waals surface area contributed by atoms with Gasteiger partial charge in [0.15, 0.2) is 0 Å². The molecule has 0 spiro atoms. The molecule has 1 saturated carbocycles. The molecule has 0 heterocycles. The van der Waals surface area contributed by atoms with Crippen LogP contribution >= 0.6 is 11.6 Å². The second-order valence-corrected chi connectivity index (χ2v) is 5.81. The van der Waals surface area contributed by atoms with Crippen molar-refractivity contribution in [3.05, 3.63) is 0 Å². The van der Waals surface area contributed by atoms with E-state index in [1.807, 2.05) is 18.9 Å². The largest absolute Gasteiger partial charge is 0.345 e. The zero-order valence-corrected chi connectivity index (χ0v) is 10.8. The Morgan fingerprint density at radius 3 is 2.47 bits per heavy atom. The first-order valence-electron chi connectivity index (χ1n) is 5.85. The van der Waals surface area contributed by atoms with E-state index < -0.39 is 0 Å². The monoisotopic (exact) mass is 231 g/mol. The molecule has 0 radical (unpaired) electrons. The van der Waals surface area contributed by atoms with Crippen molar-refractivity contribution in [2.75, 3.05) is 13.6 Å². The van der Waals surface area contributed by atoms with Crippen molar-refractivity contribution in [3.63, 3.8) is 0 Å². The topological polar surface area (TPSA) is 20.3 Å². The number of hydrogen-bond donors (Lipinski definition) is 0. The fourth-order valence-corrected chi connectivity index (χ4v) is 2.40. The van der Waals surface area contributed by atoms with Gasteiger partial charge in [-0.05, 0) is 26.2 Å². The molecule has 1 amide bonds. The van der Waals surface area contributed by atoms with Gasteiger partial charge in [-0.15, -0.1) is 11.6 Å². The van der Waals surface area contributed by atoms with Gasteiger partial charge in [-0.2, -0.15) is 0 Å². The third-order valence-electron chi connectivity index (χ3n) is 3.43. The number of rotatable bonds is 4. The molecule has 0 saturated heterocycles. The normalized spacial score (nSPS) is 21.3. The first-order valence-corrected chi connectivity index (χ1v) is 6.29. The summed E-state index contributed by atoms with van der Waals surface area (Å²) in [5.41, 5.74) is -0.0930. The zero-order chi connectivity index (χ0) is 11.5. The highest BCUT2D eigenvalue weighted by Crippen LogP contribution is 2.38. The number of hydrogen-bond acceptors (Lipinski definition) is 1. The third kappa shape index (κ3) is 3.37. The number of halogens is 1. The molecule has 0 aromatic rings. The third-order valence-corrected chi connectivity index (χ3v) is 3.65. The van der Waals surface area contributed by atoms with E-state index in [9.17, 15) is 4.79 Å². The summed E-state index contributed by atoms with van der Waals surface area (Å²) in [6.45, 7) is 4.85. The maximum atomic E-state index is 12.2. The minimum Gasteiger partial charge on any atom is -0.345 e. The van der Waals surface area contributed by atoms with Gasteiger partial charge in [0.1, 0.15) is 0 Å². The molecule has 1 unspecified atom stereocenters. The van der Waals surface area contributed by atoms with Crippen LogP contribution in [0.15, 0.2) is 0 Å². The number of carbonyl (C=O) groups is 1. The van der Waals surface area contributed by atoms with Crippen LogP contribution in [-0.4, -0.2) is 29.8 Å². The summed E-state index contributed by atoms with van der Waals surface area (Å²) in [6.07, 6.45) is 5.36. The average molecular weight is 232 g/mol. The number of nitrogens with zero attached hydrogens (tertiary/aromatic N) is 1. The Bertz CT molecular complexity index is 222. The van der Waals surface area contributed by atoms with Crippen LogP contribution in [0, 0.1) is 5.41 Å². The minimum atomic E-state index is -0.0930. The molecule has 0 N–H and O–H groups in total. The molecule has 2 nitrogen and oxygen atoms in total. The molecule has 1 aliphatic rings. The van der Waals surface area contributed by atoms with Crippen molar-refractivity contribution in [1.29, 1.82) is 0 Å². The molecule has 88 valence electrons. The second kappa shape index (κ2) is 5.20. The molecule has 0 aliphatic heterocycles. The van der Waals surface area contributed by atoms with E-state index in [4.69, 9.17) is 11.6 Å². The predicted molar refractivity (Wildman–Crippen MR) is 64.1 cm³/mol. The van der Waals surface area contributed by atoms with E-state index in [0.717, 1.165) is 25.8 Å². The molecule has 1 fully saturated rings. The van der Waals surface area contributed by atoms with Crippen LogP contribution in [0.5, 0.6) is 0 Å². The number of alkyl halides is 1. The standard InChI is InChI=1S/C12H22ClNO/c1-10(13)6-9-14(3)11(15)12(2)7-4-5-8-12/h10H,4-9H2,1-3H3. The van der Waals surface area contributed by atoms with E-state index >= 15 is 0 Å². The van der Waals surface area contributed by atoms with E-state index in [1.54, 1.807) is 0 Å². The molecule has 0 bridgehead atoms. The van der Waals surface area contributed by atoms with Gasteiger partial charge in [-0.1, -0.05) is 19.8 Å². The SMILES string of the molecule is CC(Cl)CCN(C)C(=O)C1(C)CCCC1. The Kier molecular flexibility index (Phi) is 4.45. The van der Waals surface area contributed by atoms with Gasteiger partial charge in [0.2, 0.25) is 5.91 Å². The molecule has 1 aliphatic carbocycles. The highest BCUT2D eigenvalue weighted by Gasteiger charge is 2.37. The maximum absolute atomic E-state index is 12.2. The van der Waals surface area contributed by atoms with Crippen LogP contribution in [0.3, 0.4) is 0 Å². The fourth-order valence-electron chi connectivity index (χ4n) is 2.30. The van der Waals surface area contributed by atoms with Crippen LogP contribution in [0.1, 0.15) is 46.0 Å². The van der Waals surface area contributed by atoms with Crippen LogP contribution in [0.4, 0.5) is 0 Å². The van der Waals surface area contributed by atoms with Crippen molar-refractivity contribution >= 4 is 17.5 Å². The molecule has 3 heteroatoms. The Labute approximate surface area is 98.0 Å². The van der Waals surface area contributed by atoms with Gasteiger partial charge in [0.25, 0.3) is 0 Å². The number of carbonyl (C=O) groups excluding carboxylic acids is 1. The molecular weight excluding hydrogens is 210 g/mol. The summed E-state index contributed by atoms with van der Waals surface area (Å²) in [6, 6.07) is 0. The van der Waals surface area contributed by atoms with Gasteiger partial charge in [-0.25, -0.2) is 0 Å². The lowest BCUT2D eigenvalue weighted by atomic mass is 9.87. The van der Waals surface area contributed by atoms with Crippen molar-refractivity contribution in [2.24, 2.45) is 5.41 Å². The van der Waals surface area contributed by atoms with E-state index in [-0.39, 0.29) is 10.8 Å². The molecular formula is C12H22ClNO. The maximum Gasteiger partial charge on any atom is 0.228 e. The fraction of sp³-hybridized carbons (Fsp3) is 0.917. The summed E-state index contributed by atoms with van der Waals surface area (Å²) in [7, 11) is 1.89. The lowest BCUT2D eigenvalue weighted by Gasteiger charge is -2.29. The molecule has 0 aromatic carbocycles. The summed E-state index contributed by atoms with van der Waals surface area (Å²) in [5.74, 6) is 0.303. The Morgan fingerprint density at radius 2 is 2.00 bits per heavy atom. The van der Waals surface area contributed by atoms with Crippen LogP contribution in [0.25, 0.3) is 0 Å². The van der Waals surface area contributed by atoms with E-state index in [2.05, 4.69) is 6.92 Å². The smallest absolute Gasteiger partial charge is 0.228 e. The Balaban J connectivity index is 2.44. The highest BCUT2D eigenvalue weighted by molar-refractivity contribution is 6.20. The zero-order valence-electron chi connectivity index (χ0n) is 10.1. The van der Waals surface area contributed by atoms with Gasteiger partial charge < -0.3 is 4.90 Å². The van der Waals surface area contributed by atoms with Gasteiger partial charge in [-0.3, -0.25) is 4.79 Å². The van der Waals surface area contributed by atoms with Crippen molar-refractivity contribution in [1.82, 2.24) is 4.90 Å². The van der Waals surface area contributed by atoms with Crippen LogP contribution < -0.4 is 0 Å². The first-order chi connectivity index (χ1) is 6.96. The van der Waals surface area contributed by atoms with Crippen molar-refractivity contribution < 1.29 is 4.79 Å². The van der Waals surface area contributed by atoms with Crippen molar-refractivity contribution in [2.45, 2.75) is 51.3 Å². The lowest BCUT2D eigenvalue weighted by Crippen LogP contribution is -2.39. The Morgan fingerprint density at radius 1 is 1.47 bits per heavy atom. The minimum absolute atomic E-state index is 0.0930. The van der Waals surface area contributed by atoms with E-state index in [1.165, 1.54) is 12.8 Å². The Hall–Kier alpha value is -0.240. The average Bonchev–Trinajstić information content (AvgIpc) is 2.61. The molecule has 1 rings (SSSR count). The summed E-state index contributed by atoms with van der Waals surface area (Å²) < 4.78 is 0. The summed E-state index contributed by atoms with van der Waals surface area (Å²) in [4.78, 5) is 14.0. The first kappa shape index (κ1) is 12.8. The van der Waals surface area contributed by atoms with Gasteiger partial charge >= 0.3 is 0 Å². The summed E-state index contributed by atoms with van der Waals surface area (Å²) in [5, 5.41) is 0.150. The highest BCUT2D eigenvalue weighted by atomic mass is 35.5.